The van der Waals surface area contributed by atoms with Crippen LogP contribution in [0.3, 0.4) is 0 Å². The first kappa shape index (κ1) is 11.6. The van der Waals surface area contributed by atoms with Gasteiger partial charge in [0.1, 0.15) is 5.75 Å². The van der Waals surface area contributed by atoms with Gasteiger partial charge >= 0.3 is 0 Å². The molecule has 0 aliphatic rings. The molecule has 1 unspecified atom stereocenters. The summed E-state index contributed by atoms with van der Waals surface area (Å²) in [4.78, 5) is 4.19. The number of ether oxygens (including phenoxy) is 1. The van der Waals surface area contributed by atoms with Gasteiger partial charge < -0.3 is 9.84 Å². The Labute approximate surface area is 101 Å². The van der Waals surface area contributed by atoms with Crippen molar-refractivity contribution in [2.75, 3.05) is 7.11 Å². The molecule has 0 aliphatic heterocycles. The van der Waals surface area contributed by atoms with Crippen molar-refractivity contribution in [3.63, 3.8) is 0 Å². The Morgan fingerprint density at radius 2 is 1.94 bits per heavy atom. The summed E-state index contributed by atoms with van der Waals surface area (Å²) in [7, 11) is 1.62. The second kappa shape index (κ2) is 5.46. The second-order valence-corrected chi connectivity index (χ2v) is 3.81. The fourth-order valence-electron chi connectivity index (χ4n) is 1.66. The van der Waals surface area contributed by atoms with Crippen molar-refractivity contribution in [1.82, 2.24) is 4.98 Å². The molecular formula is C14H15NO2. The van der Waals surface area contributed by atoms with E-state index in [1.54, 1.807) is 13.3 Å². The first-order valence-electron chi connectivity index (χ1n) is 5.51. The summed E-state index contributed by atoms with van der Waals surface area (Å²) < 4.78 is 5.07. The SMILES string of the molecule is COc1ccc(C(O)Cc2ccccn2)cc1. The largest absolute Gasteiger partial charge is 0.497 e. The average Bonchev–Trinajstić information content (AvgIpc) is 2.40. The molecule has 88 valence electrons. The molecule has 0 radical (unpaired) electrons. The molecule has 3 nitrogen and oxygen atoms in total. The molecule has 0 saturated heterocycles. The van der Waals surface area contributed by atoms with Crippen LogP contribution < -0.4 is 4.74 Å². The van der Waals surface area contributed by atoms with Crippen molar-refractivity contribution in [3.05, 3.63) is 59.9 Å². The summed E-state index contributed by atoms with van der Waals surface area (Å²) in [6, 6.07) is 13.1. The number of aliphatic hydroxyl groups excluding tert-OH is 1. The van der Waals surface area contributed by atoms with E-state index in [2.05, 4.69) is 4.98 Å². The predicted molar refractivity (Wildman–Crippen MR) is 65.9 cm³/mol. The van der Waals surface area contributed by atoms with Crippen LogP contribution in [0, 0.1) is 0 Å². The van der Waals surface area contributed by atoms with Crippen LogP contribution in [0.15, 0.2) is 48.7 Å². The van der Waals surface area contributed by atoms with Gasteiger partial charge in [0, 0.05) is 18.3 Å². The highest BCUT2D eigenvalue weighted by Gasteiger charge is 2.09. The third kappa shape index (κ3) is 3.04. The number of benzene rings is 1. The van der Waals surface area contributed by atoms with E-state index in [4.69, 9.17) is 4.74 Å². The van der Waals surface area contributed by atoms with E-state index >= 15 is 0 Å². The van der Waals surface area contributed by atoms with Crippen LogP contribution in [0.25, 0.3) is 0 Å². The van der Waals surface area contributed by atoms with E-state index in [-0.39, 0.29) is 0 Å². The van der Waals surface area contributed by atoms with Crippen molar-refractivity contribution in [3.8, 4) is 5.75 Å². The van der Waals surface area contributed by atoms with E-state index in [0.29, 0.717) is 6.42 Å². The molecule has 0 fully saturated rings. The zero-order chi connectivity index (χ0) is 12.1. The summed E-state index contributed by atoms with van der Waals surface area (Å²) in [5.41, 5.74) is 1.76. The Morgan fingerprint density at radius 1 is 1.18 bits per heavy atom. The van der Waals surface area contributed by atoms with E-state index in [1.165, 1.54) is 0 Å². The molecule has 1 N–H and O–H groups in total. The summed E-state index contributed by atoms with van der Waals surface area (Å²) in [5, 5.41) is 10.1. The van der Waals surface area contributed by atoms with Gasteiger partial charge in [-0.2, -0.15) is 0 Å². The second-order valence-electron chi connectivity index (χ2n) is 3.81. The van der Waals surface area contributed by atoms with Gasteiger partial charge in [0.15, 0.2) is 0 Å². The molecule has 2 aromatic rings. The maximum absolute atomic E-state index is 10.1. The summed E-state index contributed by atoms with van der Waals surface area (Å²) in [5.74, 6) is 0.791. The molecule has 17 heavy (non-hydrogen) atoms. The molecule has 1 aromatic carbocycles. The number of aromatic nitrogens is 1. The minimum absolute atomic E-state index is 0.521. The monoisotopic (exact) mass is 229 g/mol. The first-order valence-corrected chi connectivity index (χ1v) is 5.51. The van der Waals surface area contributed by atoms with Gasteiger partial charge in [-0.1, -0.05) is 18.2 Å². The topological polar surface area (TPSA) is 42.4 Å². The van der Waals surface area contributed by atoms with Gasteiger partial charge in [0.05, 0.1) is 13.2 Å². The number of pyridine rings is 1. The lowest BCUT2D eigenvalue weighted by Crippen LogP contribution is -2.03. The first-order chi connectivity index (χ1) is 8.29. The molecule has 3 heteroatoms. The minimum Gasteiger partial charge on any atom is -0.497 e. The van der Waals surface area contributed by atoms with E-state index < -0.39 is 6.10 Å². The third-order valence-electron chi connectivity index (χ3n) is 2.63. The number of nitrogens with zero attached hydrogens (tertiary/aromatic N) is 1. The van der Waals surface area contributed by atoms with E-state index in [0.717, 1.165) is 17.0 Å². The van der Waals surface area contributed by atoms with Crippen molar-refractivity contribution in [2.24, 2.45) is 0 Å². The molecule has 0 spiro atoms. The fourth-order valence-corrected chi connectivity index (χ4v) is 1.66. The molecular weight excluding hydrogens is 214 g/mol. The number of rotatable bonds is 4. The van der Waals surface area contributed by atoms with Gasteiger partial charge in [0.25, 0.3) is 0 Å². The zero-order valence-corrected chi connectivity index (χ0v) is 9.71. The van der Waals surface area contributed by atoms with Gasteiger partial charge in [0.2, 0.25) is 0 Å². The van der Waals surface area contributed by atoms with Crippen molar-refractivity contribution in [1.29, 1.82) is 0 Å². The Kier molecular flexibility index (Phi) is 3.73. The maximum atomic E-state index is 10.1. The molecule has 0 aliphatic carbocycles. The molecule has 0 saturated carbocycles. The predicted octanol–water partition coefficient (Wildman–Crippen LogP) is 2.37. The molecule has 0 amide bonds. The highest BCUT2D eigenvalue weighted by atomic mass is 16.5. The molecule has 1 aromatic heterocycles. The van der Waals surface area contributed by atoms with E-state index in [1.807, 2.05) is 42.5 Å². The standard InChI is InChI=1S/C14H15NO2/c1-17-13-7-5-11(6-8-13)14(16)10-12-4-2-3-9-15-12/h2-9,14,16H,10H2,1H3. The van der Waals surface area contributed by atoms with Crippen molar-refractivity contribution in [2.45, 2.75) is 12.5 Å². The van der Waals surface area contributed by atoms with Crippen LogP contribution in [-0.2, 0) is 6.42 Å². The van der Waals surface area contributed by atoms with Crippen LogP contribution in [0.4, 0.5) is 0 Å². The molecule has 1 atom stereocenters. The minimum atomic E-state index is -0.532. The van der Waals surface area contributed by atoms with Crippen LogP contribution in [0.2, 0.25) is 0 Å². The summed E-state index contributed by atoms with van der Waals surface area (Å²) >= 11 is 0. The Morgan fingerprint density at radius 3 is 2.53 bits per heavy atom. The van der Waals surface area contributed by atoms with Gasteiger partial charge in [-0.3, -0.25) is 4.98 Å². The molecule has 2 rings (SSSR count). The average molecular weight is 229 g/mol. The number of methoxy groups -OCH3 is 1. The lowest BCUT2D eigenvalue weighted by Gasteiger charge is -2.11. The van der Waals surface area contributed by atoms with Crippen molar-refractivity contribution >= 4 is 0 Å². The Hall–Kier alpha value is -1.87. The maximum Gasteiger partial charge on any atom is 0.118 e. The van der Waals surface area contributed by atoms with Gasteiger partial charge in [-0.15, -0.1) is 0 Å². The Bertz CT molecular complexity index is 453. The highest BCUT2D eigenvalue weighted by Crippen LogP contribution is 2.20. The third-order valence-corrected chi connectivity index (χ3v) is 2.63. The highest BCUT2D eigenvalue weighted by molar-refractivity contribution is 5.29. The smallest absolute Gasteiger partial charge is 0.118 e. The number of hydrogen-bond acceptors (Lipinski definition) is 3. The summed E-state index contributed by atoms with van der Waals surface area (Å²) in [6.45, 7) is 0. The molecule has 0 bridgehead atoms. The van der Waals surface area contributed by atoms with Gasteiger partial charge in [-0.05, 0) is 29.8 Å². The normalized spacial score (nSPS) is 12.1. The molecule has 1 heterocycles. The Balaban J connectivity index is 2.06. The van der Waals surface area contributed by atoms with E-state index in [9.17, 15) is 5.11 Å². The van der Waals surface area contributed by atoms with Crippen LogP contribution in [0.5, 0.6) is 5.75 Å². The fraction of sp³-hybridized carbons (Fsp3) is 0.214. The zero-order valence-electron chi connectivity index (χ0n) is 9.71. The van der Waals surface area contributed by atoms with Crippen LogP contribution >= 0.6 is 0 Å². The summed E-state index contributed by atoms with van der Waals surface area (Å²) in [6.07, 6.45) is 1.72. The van der Waals surface area contributed by atoms with Crippen molar-refractivity contribution < 1.29 is 9.84 Å². The number of aliphatic hydroxyl groups is 1. The van der Waals surface area contributed by atoms with Crippen LogP contribution in [-0.4, -0.2) is 17.2 Å². The van der Waals surface area contributed by atoms with Gasteiger partial charge in [-0.25, -0.2) is 0 Å². The number of hydrogen-bond donors (Lipinski definition) is 1. The van der Waals surface area contributed by atoms with Crippen LogP contribution in [0.1, 0.15) is 17.4 Å². The lowest BCUT2D eigenvalue weighted by atomic mass is 10.0. The quantitative estimate of drug-likeness (QED) is 0.875. The lowest BCUT2D eigenvalue weighted by molar-refractivity contribution is 0.177.